The largest absolute Gasteiger partial charge is 0.490 e. The first-order valence-electron chi connectivity index (χ1n) is 7.05. The zero-order valence-corrected chi connectivity index (χ0v) is 12.1. The van der Waals surface area contributed by atoms with Crippen LogP contribution in [0.3, 0.4) is 0 Å². The van der Waals surface area contributed by atoms with E-state index in [4.69, 9.17) is 9.47 Å². The fraction of sp³-hybridized carbons (Fsp3) is 0.533. The van der Waals surface area contributed by atoms with Gasteiger partial charge in [-0.05, 0) is 37.5 Å². The van der Waals surface area contributed by atoms with Crippen molar-refractivity contribution in [3.63, 3.8) is 0 Å². The molecule has 0 atom stereocenters. The molecule has 0 bridgehead atoms. The maximum Gasteiger partial charge on any atom is 0.257 e. The Morgan fingerprint density at radius 2 is 2.10 bits per heavy atom. The summed E-state index contributed by atoms with van der Waals surface area (Å²) in [5.41, 5.74) is 1.16. The molecule has 5 heteroatoms. The first-order valence-corrected chi connectivity index (χ1v) is 7.05. The number of nitrogens with one attached hydrogen (secondary N) is 2. The van der Waals surface area contributed by atoms with Gasteiger partial charge in [-0.25, -0.2) is 0 Å². The smallest absolute Gasteiger partial charge is 0.257 e. The Labute approximate surface area is 119 Å². The Bertz CT molecular complexity index is 458. The summed E-state index contributed by atoms with van der Waals surface area (Å²) in [5, 5.41) is 5.98. The van der Waals surface area contributed by atoms with Gasteiger partial charge in [-0.3, -0.25) is 4.79 Å². The molecule has 0 saturated heterocycles. The quantitative estimate of drug-likeness (QED) is 0.756. The van der Waals surface area contributed by atoms with Gasteiger partial charge in [0.1, 0.15) is 0 Å². The Kier molecular flexibility index (Phi) is 5.24. The van der Waals surface area contributed by atoms with Crippen molar-refractivity contribution in [2.75, 3.05) is 20.3 Å². The molecule has 0 heterocycles. The van der Waals surface area contributed by atoms with E-state index in [1.807, 2.05) is 25.1 Å². The molecule has 0 aromatic heterocycles. The third kappa shape index (κ3) is 4.42. The maximum atomic E-state index is 11.2. The fourth-order valence-corrected chi connectivity index (χ4v) is 1.82. The molecule has 2 N–H and O–H groups in total. The van der Waals surface area contributed by atoms with Crippen LogP contribution in [0.15, 0.2) is 18.2 Å². The SMILES string of the molecule is CCOc1cc(CNC2CC2)ccc1OCC(=O)NC. The standard InChI is InChI=1S/C15H22N2O3/c1-3-19-14-8-11(9-17-12-5-6-12)4-7-13(14)20-10-15(18)16-2/h4,7-8,12,17H,3,5-6,9-10H2,1-2H3,(H,16,18). The van der Waals surface area contributed by atoms with Gasteiger partial charge in [0, 0.05) is 19.6 Å². The van der Waals surface area contributed by atoms with Crippen LogP contribution >= 0.6 is 0 Å². The normalized spacial score (nSPS) is 13.9. The summed E-state index contributed by atoms with van der Waals surface area (Å²) in [4.78, 5) is 11.2. The molecule has 1 amide bonds. The van der Waals surface area contributed by atoms with E-state index in [0.29, 0.717) is 24.1 Å². The summed E-state index contributed by atoms with van der Waals surface area (Å²) in [6, 6.07) is 6.50. The van der Waals surface area contributed by atoms with E-state index < -0.39 is 0 Å². The van der Waals surface area contributed by atoms with Crippen molar-refractivity contribution in [1.82, 2.24) is 10.6 Å². The number of carbonyl (C=O) groups excluding carboxylic acids is 1. The van der Waals surface area contributed by atoms with Crippen LogP contribution in [-0.4, -0.2) is 32.2 Å². The zero-order chi connectivity index (χ0) is 14.4. The van der Waals surface area contributed by atoms with E-state index in [2.05, 4.69) is 10.6 Å². The lowest BCUT2D eigenvalue weighted by Gasteiger charge is -2.13. The molecule has 0 aliphatic heterocycles. The van der Waals surface area contributed by atoms with Crippen LogP contribution < -0.4 is 20.1 Å². The second kappa shape index (κ2) is 7.14. The van der Waals surface area contributed by atoms with Gasteiger partial charge in [0.2, 0.25) is 0 Å². The van der Waals surface area contributed by atoms with E-state index in [-0.39, 0.29) is 12.5 Å². The lowest BCUT2D eigenvalue weighted by Crippen LogP contribution is -2.25. The minimum Gasteiger partial charge on any atom is -0.490 e. The van der Waals surface area contributed by atoms with Crippen LogP contribution in [0.5, 0.6) is 11.5 Å². The van der Waals surface area contributed by atoms with Gasteiger partial charge in [-0.2, -0.15) is 0 Å². The molecule has 110 valence electrons. The Morgan fingerprint density at radius 3 is 2.75 bits per heavy atom. The number of rotatable bonds is 8. The predicted octanol–water partition coefficient (Wildman–Crippen LogP) is 1.46. The molecule has 1 saturated carbocycles. The zero-order valence-electron chi connectivity index (χ0n) is 12.1. The molecular formula is C15H22N2O3. The molecule has 5 nitrogen and oxygen atoms in total. The summed E-state index contributed by atoms with van der Waals surface area (Å²) in [6.45, 7) is 3.32. The van der Waals surface area contributed by atoms with Crippen LogP contribution in [0.2, 0.25) is 0 Å². The number of hydrogen-bond acceptors (Lipinski definition) is 4. The van der Waals surface area contributed by atoms with Crippen molar-refractivity contribution in [2.45, 2.75) is 32.4 Å². The first kappa shape index (κ1) is 14.7. The van der Waals surface area contributed by atoms with Gasteiger partial charge in [0.05, 0.1) is 6.61 Å². The van der Waals surface area contributed by atoms with E-state index in [1.54, 1.807) is 7.05 Å². The molecule has 1 aromatic carbocycles. The predicted molar refractivity (Wildman–Crippen MR) is 77.0 cm³/mol. The minimum atomic E-state index is -0.160. The van der Waals surface area contributed by atoms with Crippen molar-refractivity contribution in [3.8, 4) is 11.5 Å². The van der Waals surface area contributed by atoms with Crippen molar-refractivity contribution in [1.29, 1.82) is 0 Å². The Morgan fingerprint density at radius 1 is 1.30 bits per heavy atom. The molecule has 1 fully saturated rings. The van der Waals surface area contributed by atoms with Gasteiger partial charge in [-0.15, -0.1) is 0 Å². The number of carbonyl (C=O) groups is 1. The Balaban J connectivity index is 1.99. The van der Waals surface area contributed by atoms with Gasteiger partial charge >= 0.3 is 0 Å². The van der Waals surface area contributed by atoms with Crippen LogP contribution in [0, 0.1) is 0 Å². The molecule has 20 heavy (non-hydrogen) atoms. The van der Waals surface area contributed by atoms with Gasteiger partial charge < -0.3 is 20.1 Å². The van der Waals surface area contributed by atoms with E-state index >= 15 is 0 Å². The summed E-state index contributed by atoms with van der Waals surface area (Å²) in [7, 11) is 1.59. The van der Waals surface area contributed by atoms with Crippen LogP contribution in [-0.2, 0) is 11.3 Å². The highest BCUT2D eigenvalue weighted by Gasteiger charge is 2.20. The monoisotopic (exact) mass is 278 g/mol. The van der Waals surface area contributed by atoms with Crippen molar-refractivity contribution in [2.24, 2.45) is 0 Å². The number of amides is 1. The number of ether oxygens (including phenoxy) is 2. The topological polar surface area (TPSA) is 59.6 Å². The van der Waals surface area contributed by atoms with Crippen molar-refractivity contribution < 1.29 is 14.3 Å². The molecule has 1 aromatic rings. The third-order valence-corrected chi connectivity index (χ3v) is 3.12. The molecule has 1 aliphatic rings. The van der Waals surface area contributed by atoms with E-state index in [0.717, 1.165) is 12.1 Å². The van der Waals surface area contributed by atoms with Crippen LogP contribution in [0.4, 0.5) is 0 Å². The first-order chi connectivity index (χ1) is 9.72. The van der Waals surface area contributed by atoms with E-state index in [9.17, 15) is 4.79 Å². The summed E-state index contributed by atoms with van der Waals surface area (Å²) < 4.78 is 11.1. The lowest BCUT2D eigenvalue weighted by atomic mass is 10.2. The molecule has 0 radical (unpaired) electrons. The van der Waals surface area contributed by atoms with Crippen LogP contribution in [0.25, 0.3) is 0 Å². The highest BCUT2D eigenvalue weighted by atomic mass is 16.5. The number of likely N-dealkylation sites (N-methyl/N-ethyl adjacent to an activating group) is 1. The molecule has 1 aliphatic carbocycles. The van der Waals surface area contributed by atoms with Crippen molar-refractivity contribution >= 4 is 5.91 Å². The van der Waals surface area contributed by atoms with Crippen molar-refractivity contribution in [3.05, 3.63) is 23.8 Å². The molecule has 0 spiro atoms. The average Bonchev–Trinajstić information content (AvgIpc) is 3.28. The minimum absolute atomic E-state index is 0.00373. The highest BCUT2D eigenvalue weighted by Crippen LogP contribution is 2.29. The average molecular weight is 278 g/mol. The lowest BCUT2D eigenvalue weighted by molar-refractivity contribution is -0.122. The van der Waals surface area contributed by atoms with Crippen LogP contribution in [0.1, 0.15) is 25.3 Å². The highest BCUT2D eigenvalue weighted by molar-refractivity contribution is 5.77. The maximum absolute atomic E-state index is 11.2. The molecular weight excluding hydrogens is 256 g/mol. The molecule has 0 unspecified atom stereocenters. The fourth-order valence-electron chi connectivity index (χ4n) is 1.82. The second-order valence-electron chi connectivity index (χ2n) is 4.83. The number of hydrogen-bond donors (Lipinski definition) is 2. The summed E-state index contributed by atoms with van der Waals surface area (Å²) in [5.74, 6) is 1.13. The Hall–Kier alpha value is -1.75. The van der Waals surface area contributed by atoms with Gasteiger partial charge in [0.15, 0.2) is 18.1 Å². The summed E-state index contributed by atoms with van der Waals surface area (Å²) >= 11 is 0. The van der Waals surface area contributed by atoms with E-state index in [1.165, 1.54) is 12.8 Å². The molecule has 2 rings (SSSR count). The van der Waals surface area contributed by atoms with Gasteiger partial charge in [-0.1, -0.05) is 6.07 Å². The van der Waals surface area contributed by atoms with Gasteiger partial charge in [0.25, 0.3) is 5.91 Å². The number of benzene rings is 1. The summed E-state index contributed by atoms with van der Waals surface area (Å²) in [6.07, 6.45) is 2.54. The second-order valence-corrected chi connectivity index (χ2v) is 4.83. The third-order valence-electron chi connectivity index (χ3n) is 3.12.